The molecule has 0 aliphatic carbocycles. The molecule has 2 aromatic heterocycles. The van der Waals surface area contributed by atoms with E-state index in [9.17, 15) is 0 Å². The first-order chi connectivity index (χ1) is 6.33. The average molecular weight is 215 g/mol. The lowest BCUT2D eigenvalue weighted by Gasteiger charge is -1.98. The summed E-state index contributed by atoms with van der Waals surface area (Å²) in [4.78, 5) is 12.1. The summed E-state index contributed by atoms with van der Waals surface area (Å²) < 4.78 is 1.94. The standard InChI is InChI=1S/C7H7ClN4S/c1-13-4-12-3-11-5-6(8)9-2-10-7(5)12/h2-3H,4H2,1H3. The average Bonchev–Trinajstić information content (AvgIpc) is 2.51. The Bertz CT molecular complexity index is 427. The summed E-state index contributed by atoms with van der Waals surface area (Å²) in [6.45, 7) is 0. The zero-order chi connectivity index (χ0) is 9.26. The van der Waals surface area contributed by atoms with Gasteiger partial charge >= 0.3 is 0 Å². The van der Waals surface area contributed by atoms with Crippen molar-refractivity contribution in [3.05, 3.63) is 17.8 Å². The predicted octanol–water partition coefficient (Wildman–Crippen LogP) is 1.80. The summed E-state index contributed by atoms with van der Waals surface area (Å²) in [5.41, 5.74) is 1.45. The van der Waals surface area contributed by atoms with Gasteiger partial charge in [-0.25, -0.2) is 15.0 Å². The molecule has 0 amide bonds. The minimum Gasteiger partial charge on any atom is -0.305 e. The number of thioether (sulfide) groups is 1. The highest BCUT2D eigenvalue weighted by molar-refractivity contribution is 7.97. The van der Waals surface area contributed by atoms with E-state index in [4.69, 9.17) is 11.6 Å². The van der Waals surface area contributed by atoms with Gasteiger partial charge in [-0.15, -0.1) is 11.8 Å². The van der Waals surface area contributed by atoms with Crippen LogP contribution in [0.25, 0.3) is 11.2 Å². The molecule has 0 fully saturated rings. The Morgan fingerprint density at radius 1 is 1.46 bits per heavy atom. The highest BCUT2D eigenvalue weighted by atomic mass is 35.5. The van der Waals surface area contributed by atoms with Crippen molar-refractivity contribution in [1.29, 1.82) is 0 Å². The van der Waals surface area contributed by atoms with Crippen LogP contribution in [0.1, 0.15) is 0 Å². The van der Waals surface area contributed by atoms with Gasteiger partial charge in [-0.2, -0.15) is 0 Å². The van der Waals surface area contributed by atoms with Gasteiger partial charge in [0.05, 0.1) is 12.2 Å². The lowest BCUT2D eigenvalue weighted by molar-refractivity contribution is 0.906. The molecular formula is C7H7ClN4S. The van der Waals surface area contributed by atoms with Crippen LogP contribution < -0.4 is 0 Å². The van der Waals surface area contributed by atoms with Gasteiger partial charge in [0.15, 0.2) is 10.8 Å². The second-order valence-electron chi connectivity index (χ2n) is 2.47. The first-order valence-corrected chi connectivity index (χ1v) is 5.40. The second-order valence-corrected chi connectivity index (χ2v) is 3.66. The highest BCUT2D eigenvalue weighted by Crippen LogP contribution is 2.17. The Labute approximate surface area is 84.3 Å². The third-order valence-electron chi connectivity index (χ3n) is 1.62. The van der Waals surface area contributed by atoms with E-state index >= 15 is 0 Å². The Kier molecular flexibility index (Phi) is 2.37. The van der Waals surface area contributed by atoms with Crippen LogP contribution in [-0.4, -0.2) is 25.8 Å². The molecule has 4 nitrogen and oxygen atoms in total. The fourth-order valence-electron chi connectivity index (χ4n) is 1.09. The van der Waals surface area contributed by atoms with Gasteiger partial charge in [0.1, 0.15) is 11.8 Å². The number of aromatic nitrogens is 4. The molecule has 6 heteroatoms. The largest absolute Gasteiger partial charge is 0.305 e. The molecule has 13 heavy (non-hydrogen) atoms. The van der Waals surface area contributed by atoms with Crippen LogP contribution in [-0.2, 0) is 5.88 Å². The minimum atomic E-state index is 0.407. The van der Waals surface area contributed by atoms with Crippen LogP contribution in [0, 0.1) is 0 Å². The van der Waals surface area contributed by atoms with Crippen LogP contribution in [0.5, 0.6) is 0 Å². The van der Waals surface area contributed by atoms with Gasteiger partial charge in [-0.05, 0) is 6.26 Å². The van der Waals surface area contributed by atoms with Crippen LogP contribution in [0.4, 0.5) is 0 Å². The number of halogens is 1. The summed E-state index contributed by atoms with van der Waals surface area (Å²) in [5.74, 6) is 0.823. The quantitative estimate of drug-likeness (QED) is 0.716. The normalized spacial score (nSPS) is 10.9. The summed E-state index contributed by atoms with van der Waals surface area (Å²) in [5, 5.41) is 0.407. The summed E-state index contributed by atoms with van der Waals surface area (Å²) >= 11 is 7.54. The zero-order valence-electron chi connectivity index (χ0n) is 6.94. The zero-order valence-corrected chi connectivity index (χ0v) is 8.51. The Morgan fingerprint density at radius 3 is 3.08 bits per heavy atom. The van der Waals surface area contributed by atoms with E-state index in [1.807, 2.05) is 10.8 Å². The third kappa shape index (κ3) is 1.49. The molecule has 0 unspecified atom stereocenters. The van der Waals surface area contributed by atoms with Gasteiger partial charge in [-0.3, -0.25) is 0 Å². The van der Waals surface area contributed by atoms with E-state index in [-0.39, 0.29) is 0 Å². The van der Waals surface area contributed by atoms with Gasteiger partial charge < -0.3 is 4.57 Å². The molecule has 0 aliphatic rings. The van der Waals surface area contributed by atoms with Crippen molar-refractivity contribution in [3.8, 4) is 0 Å². The van der Waals surface area contributed by atoms with Crippen LogP contribution in [0.2, 0.25) is 5.15 Å². The van der Waals surface area contributed by atoms with Gasteiger partial charge in [0, 0.05) is 0 Å². The van der Waals surface area contributed by atoms with E-state index in [0.29, 0.717) is 10.7 Å². The summed E-state index contributed by atoms with van der Waals surface area (Å²) in [7, 11) is 0. The molecule has 0 aromatic carbocycles. The maximum Gasteiger partial charge on any atom is 0.165 e. The van der Waals surface area contributed by atoms with Crippen molar-refractivity contribution in [2.45, 2.75) is 5.88 Å². The monoisotopic (exact) mass is 214 g/mol. The topological polar surface area (TPSA) is 43.6 Å². The number of hydrogen-bond acceptors (Lipinski definition) is 4. The molecule has 2 heterocycles. The predicted molar refractivity (Wildman–Crippen MR) is 53.8 cm³/mol. The highest BCUT2D eigenvalue weighted by Gasteiger charge is 2.06. The first kappa shape index (κ1) is 8.77. The fourth-order valence-corrected chi connectivity index (χ4v) is 1.73. The molecule has 2 rings (SSSR count). The Hall–Kier alpha value is -0.810. The van der Waals surface area contributed by atoms with Crippen molar-refractivity contribution in [2.75, 3.05) is 6.26 Å². The lowest BCUT2D eigenvalue weighted by Crippen LogP contribution is -1.93. The van der Waals surface area contributed by atoms with Crippen molar-refractivity contribution in [3.63, 3.8) is 0 Å². The van der Waals surface area contributed by atoms with Gasteiger partial charge in [0.25, 0.3) is 0 Å². The maximum atomic E-state index is 5.84. The van der Waals surface area contributed by atoms with Crippen molar-refractivity contribution in [1.82, 2.24) is 19.5 Å². The van der Waals surface area contributed by atoms with E-state index in [1.165, 1.54) is 6.33 Å². The summed E-state index contributed by atoms with van der Waals surface area (Å²) in [6, 6.07) is 0. The summed E-state index contributed by atoms with van der Waals surface area (Å²) in [6.07, 6.45) is 5.19. The third-order valence-corrected chi connectivity index (χ3v) is 2.44. The molecule has 0 bridgehead atoms. The Morgan fingerprint density at radius 2 is 2.31 bits per heavy atom. The lowest BCUT2D eigenvalue weighted by atomic mass is 10.5. The number of fused-ring (bicyclic) bond motifs is 1. The molecule has 0 spiro atoms. The molecule has 68 valence electrons. The van der Waals surface area contributed by atoms with E-state index < -0.39 is 0 Å². The fraction of sp³-hybridized carbons (Fsp3) is 0.286. The Balaban J connectivity index is 2.61. The van der Waals surface area contributed by atoms with Gasteiger partial charge in [0.2, 0.25) is 0 Å². The smallest absolute Gasteiger partial charge is 0.165 e. The first-order valence-electron chi connectivity index (χ1n) is 3.63. The number of imidazole rings is 1. The maximum absolute atomic E-state index is 5.84. The molecule has 0 saturated carbocycles. The molecule has 0 atom stereocenters. The molecular weight excluding hydrogens is 208 g/mol. The van der Waals surface area contributed by atoms with Crippen molar-refractivity contribution in [2.24, 2.45) is 0 Å². The number of nitrogens with zero attached hydrogens (tertiary/aromatic N) is 4. The van der Waals surface area contributed by atoms with E-state index in [0.717, 1.165) is 11.5 Å². The second kappa shape index (κ2) is 3.51. The molecule has 0 radical (unpaired) electrons. The molecule has 0 aliphatic heterocycles. The van der Waals surface area contributed by atoms with Crippen LogP contribution in [0.15, 0.2) is 12.7 Å². The molecule has 2 aromatic rings. The van der Waals surface area contributed by atoms with Crippen LogP contribution >= 0.6 is 23.4 Å². The number of rotatable bonds is 2. The van der Waals surface area contributed by atoms with Crippen LogP contribution in [0.3, 0.4) is 0 Å². The number of hydrogen-bond donors (Lipinski definition) is 0. The minimum absolute atomic E-state index is 0.407. The van der Waals surface area contributed by atoms with Gasteiger partial charge in [-0.1, -0.05) is 11.6 Å². The van der Waals surface area contributed by atoms with E-state index in [1.54, 1.807) is 18.1 Å². The molecule has 0 saturated heterocycles. The van der Waals surface area contributed by atoms with Crippen molar-refractivity contribution >= 4 is 34.5 Å². The van der Waals surface area contributed by atoms with E-state index in [2.05, 4.69) is 15.0 Å². The van der Waals surface area contributed by atoms with Crippen molar-refractivity contribution < 1.29 is 0 Å². The molecule has 0 N–H and O–H groups in total. The SMILES string of the molecule is CSCn1cnc2c(Cl)ncnc21.